The zero-order valence-electron chi connectivity index (χ0n) is 19.6. The average Bonchev–Trinajstić information content (AvgIpc) is 3.31. The Labute approximate surface area is 224 Å². The number of aromatic nitrogens is 1. The number of fused-ring (bicyclic) bond motifs is 1. The number of halogens is 3. The summed E-state index contributed by atoms with van der Waals surface area (Å²) in [4.78, 5) is 17.9. The van der Waals surface area contributed by atoms with Gasteiger partial charge in [0, 0.05) is 40.8 Å². The van der Waals surface area contributed by atoms with Crippen LogP contribution in [0.3, 0.4) is 0 Å². The number of hydrazone groups is 1. The number of carbonyl (C=O) groups excluding carboxylic acids is 1. The van der Waals surface area contributed by atoms with Crippen molar-refractivity contribution < 1.29 is 9.53 Å². The first-order valence-corrected chi connectivity index (χ1v) is 12.5. The molecule has 1 aromatic heterocycles. The van der Waals surface area contributed by atoms with E-state index in [-0.39, 0.29) is 18.6 Å². The molecule has 1 aliphatic heterocycles. The lowest BCUT2D eigenvalue weighted by molar-refractivity contribution is -0.137. The molecule has 1 atom stereocenters. The monoisotopic (exact) mass is 537 g/mol. The number of nitrogens with zero attached hydrogens (tertiary/aromatic N) is 3. The van der Waals surface area contributed by atoms with Crippen LogP contribution in [0.2, 0.25) is 15.1 Å². The molecule has 5 nitrogen and oxygen atoms in total. The highest BCUT2D eigenvalue weighted by Gasteiger charge is 2.35. The molecule has 2 heterocycles. The topological polar surface area (TPSA) is 54.8 Å². The molecule has 182 valence electrons. The maximum absolute atomic E-state index is 13.1. The molecular formula is C28H22Cl3N3O2. The van der Waals surface area contributed by atoms with Gasteiger partial charge in [0.2, 0.25) is 0 Å². The molecule has 0 aliphatic carbocycles. The summed E-state index contributed by atoms with van der Waals surface area (Å²) in [6.45, 7) is 1.87. The number of benzene rings is 3. The minimum atomic E-state index is -0.365. The number of hydrogen-bond donors (Lipinski definition) is 0. The molecule has 0 bridgehead atoms. The van der Waals surface area contributed by atoms with Crippen molar-refractivity contribution in [1.29, 1.82) is 0 Å². The van der Waals surface area contributed by atoms with Crippen LogP contribution in [-0.2, 0) is 9.53 Å². The van der Waals surface area contributed by atoms with Gasteiger partial charge in [-0.25, -0.2) is 5.01 Å². The third-order valence-electron chi connectivity index (χ3n) is 6.24. The number of rotatable bonds is 5. The van der Waals surface area contributed by atoms with Gasteiger partial charge in [-0.2, -0.15) is 5.10 Å². The van der Waals surface area contributed by atoms with Crippen LogP contribution in [0.15, 0.2) is 71.8 Å². The standard InChI is InChI=1S/C28H22Cl3N3O2/c1-16-27(28(17-6-4-3-5-7-17)20-13-19(29)9-11-23(20)32-16)24-14-25(34(33-24)26(35)15-36-2)18-8-10-21(30)22(31)12-18/h3-13,25H,14-15H2,1-2H3/t25-/m0/s1. The minimum Gasteiger partial charge on any atom is -0.375 e. The molecular weight excluding hydrogens is 517 g/mol. The summed E-state index contributed by atoms with van der Waals surface area (Å²) >= 11 is 18.9. The number of methoxy groups -OCH3 is 1. The highest BCUT2D eigenvalue weighted by Crippen LogP contribution is 2.40. The highest BCUT2D eigenvalue weighted by atomic mass is 35.5. The quantitative estimate of drug-likeness (QED) is 0.264. The van der Waals surface area contributed by atoms with Crippen molar-refractivity contribution in [2.75, 3.05) is 13.7 Å². The van der Waals surface area contributed by atoms with Crippen LogP contribution in [0.1, 0.15) is 29.3 Å². The second kappa shape index (κ2) is 10.2. The lowest BCUT2D eigenvalue weighted by Crippen LogP contribution is -2.30. The van der Waals surface area contributed by atoms with Gasteiger partial charge < -0.3 is 4.74 Å². The summed E-state index contributed by atoms with van der Waals surface area (Å²) in [6, 6.07) is 20.8. The first-order valence-electron chi connectivity index (χ1n) is 11.4. The Hall–Kier alpha value is -2.96. The van der Waals surface area contributed by atoms with Crippen molar-refractivity contribution in [3.8, 4) is 11.1 Å². The van der Waals surface area contributed by atoms with Gasteiger partial charge >= 0.3 is 0 Å². The van der Waals surface area contributed by atoms with E-state index in [4.69, 9.17) is 49.6 Å². The summed E-state index contributed by atoms with van der Waals surface area (Å²) in [5, 5.41) is 8.73. The Morgan fingerprint density at radius 1 is 1.00 bits per heavy atom. The van der Waals surface area contributed by atoms with Gasteiger partial charge in [0.15, 0.2) is 0 Å². The first kappa shape index (κ1) is 24.7. The Kier molecular flexibility index (Phi) is 7.00. The Bertz CT molecular complexity index is 1510. The number of amides is 1. The summed E-state index contributed by atoms with van der Waals surface area (Å²) in [7, 11) is 1.49. The molecule has 0 saturated heterocycles. The van der Waals surface area contributed by atoms with Crippen molar-refractivity contribution in [3.05, 3.63) is 98.6 Å². The SMILES string of the molecule is COCC(=O)N1N=C(c2c(C)nc3ccc(Cl)cc3c2-c2ccccc2)C[C@H]1c1ccc(Cl)c(Cl)c1. The van der Waals surface area contributed by atoms with E-state index >= 15 is 0 Å². The van der Waals surface area contributed by atoms with Crippen LogP contribution >= 0.6 is 34.8 Å². The summed E-state index contributed by atoms with van der Waals surface area (Å²) < 4.78 is 5.14. The predicted octanol–water partition coefficient (Wildman–Crippen LogP) is 7.49. The molecule has 8 heteroatoms. The molecule has 5 rings (SSSR count). The summed E-state index contributed by atoms with van der Waals surface area (Å²) in [5.41, 5.74) is 6.12. The van der Waals surface area contributed by atoms with Crippen LogP contribution in [0, 0.1) is 6.92 Å². The third-order valence-corrected chi connectivity index (χ3v) is 7.22. The molecule has 0 N–H and O–H groups in total. The maximum atomic E-state index is 13.1. The second-order valence-electron chi connectivity index (χ2n) is 8.59. The van der Waals surface area contributed by atoms with Gasteiger partial charge in [-0.3, -0.25) is 9.78 Å². The van der Waals surface area contributed by atoms with E-state index in [9.17, 15) is 4.79 Å². The smallest absolute Gasteiger partial charge is 0.269 e. The average molecular weight is 539 g/mol. The number of ether oxygens (including phenoxy) is 1. The molecule has 3 aromatic carbocycles. The van der Waals surface area contributed by atoms with Crippen LogP contribution in [0.5, 0.6) is 0 Å². The van der Waals surface area contributed by atoms with Gasteiger partial charge in [0.25, 0.3) is 5.91 Å². The van der Waals surface area contributed by atoms with Crippen LogP contribution in [-0.4, -0.2) is 35.3 Å². The van der Waals surface area contributed by atoms with Gasteiger partial charge in [0.1, 0.15) is 6.61 Å². The van der Waals surface area contributed by atoms with E-state index < -0.39 is 0 Å². The predicted molar refractivity (Wildman–Crippen MR) is 146 cm³/mol. The van der Waals surface area contributed by atoms with Crippen LogP contribution < -0.4 is 0 Å². The van der Waals surface area contributed by atoms with Crippen molar-refractivity contribution in [1.82, 2.24) is 9.99 Å². The van der Waals surface area contributed by atoms with Crippen molar-refractivity contribution in [3.63, 3.8) is 0 Å². The van der Waals surface area contributed by atoms with E-state index in [1.54, 1.807) is 12.1 Å². The maximum Gasteiger partial charge on any atom is 0.269 e. The Balaban J connectivity index is 1.72. The van der Waals surface area contributed by atoms with E-state index in [0.717, 1.165) is 44.6 Å². The molecule has 0 spiro atoms. The Morgan fingerprint density at radius 3 is 2.50 bits per heavy atom. The molecule has 1 amide bonds. The Morgan fingerprint density at radius 2 is 1.78 bits per heavy atom. The van der Waals surface area contributed by atoms with E-state index in [1.165, 1.54) is 12.1 Å². The lowest BCUT2D eigenvalue weighted by atomic mass is 9.89. The van der Waals surface area contributed by atoms with E-state index in [2.05, 4.69) is 12.1 Å². The summed E-state index contributed by atoms with van der Waals surface area (Å²) in [6.07, 6.45) is 0.474. The summed E-state index contributed by atoms with van der Waals surface area (Å²) in [5.74, 6) is -0.251. The van der Waals surface area contributed by atoms with Crippen LogP contribution in [0.25, 0.3) is 22.0 Å². The molecule has 0 unspecified atom stereocenters. The third kappa shape index (κ3) is 4.60. The minimum absolute atomic E-state index is 0.0926. The fourth-order valence-electron chi connectivity index (χ4n) is 4.68. The highest BCUT2D eigenvalue weighted by molar-refractivity contribution is 6.42. The fraction of sp³-hybridized carbons (Fsp3) is 0.179. The normalized spacial score (nSPS) is 15.4. The molecule has 4 aromatic rings. The number of aryl methyl sites for hydroxylation is 1. The number of pyridine rings is 1. The molecule has 0 radical (unpaired) electrons. The number of hydrogen-bond acceptors (Lipinski definition) is 4. The molecule has 1 aliphatic rings. The van der Waals surface area contributed by atoms with Crippen molar-refractivity contribution in [2.24, 2.45) is 5.10 Å². The largest absolute Gasteiger partial charge is 0.375 e. The first-order chi connectivity index (χ1) is 17.4. The molecule has 0 fully saturated rings. The molecule has 0 saturated carbocycles. The fourth-order valence-corrected chi connectivity index (χ4v) is 5.15. The van der Waals surface area contributed by atoms with Gasteiger partial charge in [-0.15, -0.1) is 0 Å². The number of carbonyl (C=O) groups is 1. The van der Waals surface area contributed by atoms with Crippen molar-refractivity contribution >= 4 is 57.3 Å². The van der Waals surface area contributed by atoms with Crippen LogP contribution in [0.4, 0.5) is 0 Å². The molecule has 36 heavy (non-hydrogen) atoms. The van der Waals surface area contributed by atoms with Gasteiger partial charge in [-0.05, 0) is 48.4 Å². The lowest BCUT2D eigenvalue weighted by Gasteiger charge is -2.22. The second-order valence-corrected chi connectivity index (χ2v) is 9.84. The van der Waals surface area contributed by atoms with Gasteiger partial charge in [0.05, 0.1) is 27.3 Å². The van der Waals surface area contributed by atoms with Crippen molar-refractivity contribution in [2.45, 2.75) is 19.4 Å². The van der Waals surface area contributed by atoms with E-state index in [0.29, 0.717) is 21.5 Å². The zero-order valence-corrected chi connectivity index (χ0v) is 21.9. The van der Waals surface area contributed by atoms with Gasteiger partial charge in [-0.1, -0.05) is 71.2 Å². The zero-order chi connectivity index (χ0) is 25.4. The van der Waals surface area contributed by atoms with E-state index in [1.807, 2.05) is 49.4 Å².